The van der Waals surface area contributed by atoms with Crippen molar-refractivity contribution in [3.05, 3.63) is 0 Å². The van der Waals surface area contributed by atoms with Crippen LogP contribution < -0.4 is 0 Å². The molecular formula is C21H41ClO2. The zero-order chi connectivity index (χ0) is 17.7. The second-order valence-corrected chi connectivity index (χ2v) is 7.41. The number of rotatable bonds is 19. The second kappa shape index (κ2) is 20.8. The predicted octanol–water partition coefficient (Wildman–Crippen LogP) is 8.40. The first-order valence-corrected chi connectivity index (χ1v) is 11.0. The van der Waals surface area contributed by atoms with Crippen LogP contribution in [0, 0.1) is 0 Å². The van der Waals surface area contributed by atoms with Gasteiger partial charge in [0, 0.05) is 11.6 Å². The lowest BCUT2D eigenvalue weighted by atomic mass is 10.0. The summed E-state index contributed by atoms with van der Waals surface area (Å²) in [4.78, 5) is 10.4. The summed E-state index contributed by atoms with van der Waals surface area (Å²) in [5, 5.41) is 0. The zero-order valence-corrected chi connectivity index (χ0v) is 16.9. The molecule has 3 heteroatoms. The number of hydrogen-bond acceptors (Lipinski definition) is 2. The molecule has 0 aromatic heterocycles. The molecule has 0 unspecified atom stereocenters. The summed E-state index contributed by atoms with van der Waals surface area (Å²) in [6.45, 7) is 2.76. The molecule has 0 saturated heterocycles. The number of carbonyl (C=O) groups excluding carboxylic acids is 1. The van der Waals surface area contributed by atoms with Gasteiger partial charge in [-0.15, -0.1) is 0 Å². The molecule has 0 aliphatic carbocycles. The molecule has 24 heavy (non-hydrogen) atoms. The van der Waals surface area contributed by atoms with Crippen molar-refractivity contribution in [1.82, 2.24) is 0 Å². The van der Waals surface area contributed by atoms with Crippen LogP contribution in [0.5, 0.6) is 0 Å². The molecule has 0 aromatic rings. The van der Waals surface area contributed by atoms with Gasteiger partial charge in [0.1, 0.15) is 0 Å². The quantitative estimate of drug-likeness (QED) is 0.171. The zero-order valence-electron chi connectivity index (χ0n) is 16.1. The molecule has 0 atom stereocenters. The lowest BCUT2D eigenvalue weighted by molar-refractivity contribution is 0.170. The minimum atomic E-state index is -0.679. The Bertz CT molecular complexity index is 256. The number of halogens is 1. The number of unbranched alkanes of at least 4 members (excludes halogenated alkanes) is 17. The number of hydrogen-bond donors (Lipinski definition) is 0. The van der Waals surface area contributed by atoms with Gasteiger partial charge >= 0.3 is 5.43 Å². The molecule has 0 heterocycles. The van der Waals surface area contributed by atoms with E-state index in [4.69, 9.17) is 16.3 Å². The maximum Gasteiger partial charge on any atom is 0.403 e. The van der Waals surface area contributed by atoms with Crippen molar-refractivity contribution in [1.29, 1.82) is 0 Å². The van der Waals surface area contributed by atoms with Crippen LogP contribution in [0.15, 0.2) is 0 Å². The average molecular weight is 361 g/mol. The first-order valence-electron chi connectivity index (χ1n) is 10.6. The van der Waals surface area contributed by atoms with E-state index in [1.807, 2.05) is 0 Å². The minimum Gasteiger partial charge on any atom is -0.454 e. The highest BCUT2D eigenvalue weighted by atomic mass is 35.5. The van der Waals surface area contributed by atoms with E-state index in [0.29, 0.717) is 6.61 Å². The molecule has 0 saturated carbocycles. The number of ether oxygens (including phenoxy) is 1. The van der Waals surface area contributed by atoms with Crippen LogP contribution in [-0.4, -0.2) is 12.0 Å². The smallest absolute Gasteiger partial charge is 0.403 e. The fourth-order valence-corrected chi connectivity index (χ4v) is 3.23. The fraction of sp³-hybridized carbons (Fsp3) is 0.952. The molecule has 0 aromatic carbocycles. The van der Waals surface area contributed by atoms with Crippen LogP contribution in [0.2, 0.25) is 0 Å². The SMILES string of the molecule is CCCCCCCCCCCCCCCCCCCCOC(=O)Cl. The van der Waals surface area contributed by atoms with Crippen molar-refractivity contribution in [3.63, 3.8) is 0 Å². The molecule has 0 fully saturated rings. The lowest BCUT2D eigenvalue weighted by Crippen LogP contribution is -1.96. The van der Waals surface area contributed by atoms with E-state index in [1.165, 1.54) is 103 Å². The molecule has 0 aliphatic heterocycles. The van der Waals surface area contributed by atoms with Gasteiger partial charge in [-0.2, -0.15) is 0 Å². The minimum absolute atomic E-state index is 0.473. The maximum atomic E-state index is 10.4. The van der Waals surface area contributed by atoms with E-state index < -0.39 is 5.43 Å². The fourth-order valence-electron chi connectivity index (χ4n) is 3.16. The van der Waals surface area contributed by atoms with Gasteiger partial charge in [-0.05, 0) is 6.42 Å². The van der Waals surface area contributed by atoms with E-state index in [2.05, 4.69) is 6.92 Å². The molecule has 0 N–H and O–H groups in total. The Balaban J connectivity index is 2.97. The molecule has 144 valence electrons. The van der Waals surface area contributed by atoms with Crippen LogP contribution in [0.4, 0.5) is 4.79 Å². The third-order valence-electron chi connectivity index (χ3n) is 4.71. The monoisotopic (exact) mass is 360 g/mol. The first-order chi connectivity index (χ1) is 11.8. The summed E-state index contributed by atoms with van der Waals surface area (Å²) in [5.41, 5.74) is -0.679. The van der Waals surface area contributed by atoms with E-state index in [0.717, 1.165) is 12.8 Å². The van der Waals surface area contributed by atoms with E-state index >= 15 is 0 Å². The van der Waals surface area contributed by atoms with Crippen molar-refractivity contribution in [3.8, 4) is 0 Å². The van der Waals surface area contributed by atoms with Crippen LogP contribution in [0.25, 0.3) is 0 Å². The van der Waals surface area contributed by atoms with Gasteiger partial charge in [0.2, 0.25) is 0 Å². The normalized spacial score (nSPS) is 10.9. The van der Waals surface area contributed by atoms with Gasteiger partial charge in [0.25, 0.3) is 0 Å². The molecule has 0 radical (unpaired) electrons. The Hall–Kier alpha value is -0.240. The predicted molar refractivity (Wildman–Crippen MR) is 106 cm³/mol. The number of carbonyl (C=O) groups is 1. The highest BCUT2D eigenvalue weighted by molar-refractivity contribution is 6.61. The summed E-state index contributed by atoms with van der Waals surface area (Å²) in [5.74, 6) is 0. The van der Waals surface area contributed by atoms with E-state index in [-0.39, 0.29) is 0 Å². The summed E-state index contributed by atoms with van der Waals surface area (Å²) in [6.07, 6.45) is 24.5. The molecule has 0 amide bonds. The lowest BCUT2D eigenvalue weighted by Gasteiger charge is -2.04. The Morgan fingerprint density at radius 1 is 0.583 bits per heavy atom. The van der Waals surface area contributed by atoms with Crippen molar-refractivity contribution in [2.24, 2.45) is 0 Å². The van der Waals surface area contributed by atoms with Gasteiger partial charge in [-0.1, -0.05) is 116 Å². The van der Waals surface area contributed by atoms with Crippen LogP contribution in [0.3, 0.4) is 0 Å². The molecular weight excluding hydrogens is 320 g/mol. The molecule has 0 bridgehead atoms. The first kappa shape index (κ1) is 23.8. The molecule has 0 rings (SSSR count). The van der Waals surface area contributed by atoms with Crippen LogP contribution in [-0.2, 0) is 4.74 Å². The molecule has 0 aliphatic rings. The third-order valence-corrected chi connectivity index (χ3v) is 4.82. The average Bonchev–Trinajstić information content (AvgIpc) is 2.56. The highest BCUT2D eigenvalue weighted by Gasteiger charge is 1.96. The Morgan fingerprint density at radius 2 is 0.875 bits per heavy atom. The van der Waals surface area contributed by atoms with Gasteiger partial charge < -0.3 is 4.74 Å². The third kappa shape index (κ3) is 21.8. The van der Waals surface area contributed by atoms with Gasteiger partial charge in [0.15, 0.2) is 0 Å². The van der Waals surface area contributed by atoms with Crippen molar-refractivity contribution in [2.45, 2.75) is 122 Å². The standard InChI is InChI=1S/C21H41ClO2/c1-2-3-4-5-6-7-8-9-10-11-12-13-14-15-16-17-18-19-20-24-21(22)23/h2-20H2,1H3. The van der Waals surface area contributed by atoms with Crippen molar-refractivity contribution >= 4 is 17.0 Å². The van der Waals surface area contributed by atoms with Gasteiger partial charge in [-0.25, -0.2) is 4.79 Å². The van der Waals surface area contributed by atoms with Crippen LogP contribution in [0.1, 0.15) is 122 Å². The summed E-state index contributed by atoms with van der Waals surface area (Å²) < 4.78 is 4.70. The summed E-state index contributed by atoms with van der Waals surface area (Å²) in [7, 11) is 0. The van der Waals surface area contributed by atoms with E-state index in [9.17, 15) is 4.79 Å². The van der Waals surface area contributed by atoms with Crippen molar-refractivity contribution in [2.75, 3.05) is 6.61 Å². The highest BCUT2D eigenvalue weighted by Crippen LogP contribution is 2.14. The second-order valence-electron chi connectivity index (χ2n) is 7.10. The molecule has 0 spiro atoms. The Labute approximate surface area is 156 Å². The van der Waals surface area contributed by atoms with Crippen molar-refractivity contribution < 1.29 is 9.53 Å². The van der Waals surface area contributed by atoms with Gasteiger partial charge in [0.05, 0.1) is 6.61 Å². The Morgan fingerprint density at radius 3 is 1.17 bits per heavy atom. The topological polar surface area (TPSA) is 26.3 Å². The van der Waals surface area contributed by atoms with Crippen LogP contribution >= 0.6 is 11.6 Å². The van der Waals surface area contributed by atoms with E-state index in [1.54, 1.807) is 0 Å². The molecule has 2 nitrogen and oxygen atoms in total. The maximum absolute atomic E-state index is 10.4. The largest absolute Gasteiger partial charge is 0.454 e. The summed E-state index contributed by atoms with van der Waals surface area (Å²) >= 11 is 5.10. The Kier molecular flexibility index (Phi) is 20.6. The summed E-state index contributed by atoms with van der Waals surface area (Å²) in [6, 6.07) is 0. The van der Waals surface area contributed by atoms with Gasteiger partial charge in [-0.3, -0.25) is 0 Å².